The zero-order chi connectivity index (χ0) is 15.8. The minimum atomic E-state index is -1.04. The monoisotopic (exact) mass is 304 g/mol. The molecule has 0 fully saturated rings. The van der Waals surface area contributed by atoms with E-state index in [1.165, 1.54) is 4.68 Å². The third-order valence-corrected chi connectivity index (χ3v) is 2.71. The molecule has 0 aliphatic carbocycles. The number of ether oxygens (including phenoxy) is 1. The molecular formula is C14H16N4O4. The Bertz CT molecular complexity index is 627. The van der Waals surface area contributed by atoms with Gasteiger partial charge in [0.2, 0.25) is 5.91 Å². The van der Waals surface area contributed by atoms with Crippen LogP contribution in [0.25, 0.3) is 11.3 Å². The zero-order valence-electron chi connectivity index (χ0n) is 11.8. The Labute approximate surface area is 126 Å². The van der Waals surface area contributed by atoms with Crippen LogP contribution in [0.1, 0.15) is 0 Å². The number of hydrogen-bond donors (Lipinski definition) is 2. The van der Waals surface area contributed by atoms with E-state index in [0.717, 1.165) is 5.56 Å². The van der Waals surface area contributed by atoms with E-state index >= 15 is 0 Å². The van der Waals surface area contributed by atoms with Gasteiger partial charge in [0.1, 0.15) is 18.8 Å². The van der Waals surface area contributed by atoms with Crippen LogP contribution in [0.4, 0.5) is 0 Å². The standard InChI is InChI=1S/C14H16N4O4/c19-13(15-6-7-22-10-14(20)21)9-18-8-12(16-17-18)11-4-2-1-3-5-11/h1-5,8H,6-7,9-10H2,(H,15,19)(H,20,21). The Hall–Kier alpha value is -2.74. The number of hydrogen-bond acceptors (Lipinski definition) is 5. The number of nitrogens with zero attached hydrogens (tertiary/aromatic N) is 3. The molecule has 0 aliphatic rings. The number of carbonyl (C=O) groups is 2. The van der Waals surface area contributed by atoms with Crippen LogP contribution in [-0.4, -0.2) is 51.7 Å². The van der Waals surface area contributed by atoms with Gasteiger partial charge in [-0.1, -0.05) is 35.5 Å². The van der Waals surface area contributed by atoms with Crippen LogP contribution >= 0.6 is 0 Å². The van der Waals surface area contributed by atoms with E-state index in [2.05, 4.69) is 15.6 Å². The van der Waals surface area contributed by atoms with Crippen molar-refractivity contribution >= 4 is 11.9 Å². The number of nitrogens with one attached hydrogen (secondary N) is 1. The van der Waals surface area contributed by atoms with Gasteiger partial charge in [0.05, 0.1) is 12.8 Å². The van der Waals surface area contributed by atoms with E-state index in [4.69, 9.17) is 9.84 Å². The van der Waals surface area contributed by atoms with Gasteiger partial charge in [-0.25, -0.2) is 9.48 Å². The Morgan fingerprint density at radius 1 is 1.27 bits per heavy atom. The molecule has 1 amide bonds. The molecule has 2 N–H and O–H groups in total. The van der Waals surface area contributed by atoms with Crippen molar-refractivity contribution in [3.63, 3.8) is 0 Å². The van der Waals surface area contributed by atoms with Crippen molar-refractivity contribution in [3.8, 4) is 11.3 Å². The fourth-order valence-electron chi connectivity index (χ4n) is 1.74. The molecular weight excluding hydrogens is 288 g/mol. The summed E-state index contributed by atoms with van der Waals surface area (Å²) in [6.45, 7) is 0.0508. The average molecular weight is 304 g/mol. The molecule has 8 heteroatoms. The summed E-state index contributed by atoms with van der Waals surface area (Å²) in [4.78, 5) is 21.9. The first kappa shape index (κ1) is 15.6. The highest BCUT2D eigenvalue weighted by Crippen LogP contribution is 2.14. The van der Waals surface area contributed by atoms with Crippen molar-refractivity contribution in [3.05, 3.63) is 36.5 Å². The summed E-state index contributed by atoms with van der Waals surface area (Å²) in [5.74, 6) is -1.29. The predicted molar refractivity (Wildman–Crippen MR) is 76.9 cm³/mol. The first-order chi connectivity index (χ1) is 10.6. The lowest BCUT2D eigenvalue weighted by molar-refractivity contribution is -0.142. The van der Waals surface area contributed by atoms with Crippen molar-refractivity contribution in [2.75, 3.05) is 19.8 Å². The largest absolute Gasteiger partial charge is 0.480 e. The lowest BCUT2D eigenvalue weighted by Crippen LogP contribution is -2.31. The van der Waals surface area contributed by atoms with Crippen molar-refractivity contribution in [1.29, 1.82) is 0 Å². The van der Waals surface area contributed by atoms with Crippen LogP contribution in [0.2, 0.25) is 0 Å². The first-order valence-corrected chi connectivity index (χ1v) is 6.67. The topological polar surface area (TPSA) is 106 Å². The number of rotatable bonds is 8. The normalized spacial score (nSPS) is 10.4. The van der Waals surface area contributed by atoms with Crippen LogP contribution in [0.5, 0.6) is 0 Å². The van der Waals surface area contributed by atoms with E-state index in [1.807, 2.05) is 30.3 Å². The average Bonchev–Trinajstić information content (AvgIpc) is 2.96. The van der Waals surface area contributed by atoms with Gasteiger partial charge in [-0.2, -0.15) is 0 Å². The third kappa shape index (κ3) is 4.98. The number of aliphatic carboxylic acids is 1. The Morgan fingerprint density at radius 2 is 2.05 bits per heavy atom. The van der Waals surface area contributed by atoms with Gasteiger partial charge in [0, 0.05) is 12.1 Å². The minimum absolute atomic E-state index is 0.0404. The maximum absolute atomic E-state index is 11.7. The fourth-order valence-corrected chi connectivity index (χ4v) is 1.74. The first-order valence-electron chi connectivity index (χ1n) is 6.67. The molecule has 0 saturated heterocycles. The summed E-state index contributed by atoms with van der Waals surface area (Å²) in [6.07, 6.45) is 1.69. The summed E-state index contributed by atoms with van der Waals surface area (Å²) < 4.78 is 6.25. The SMILES string of the molecule is O=C(O)COCCNC(=O)Cn1cc(-c2ccccc2)nn1. The highest BCUT2D eigenvalue weighted by Gasteiger charge is 2.07. The Kier molecular flexibility index (Phi) is 5.61. The maximum Gasteiger partial charge on any atom is 0.329 e. The van der Waals surface area contributed by atoms with Crippen molar-refractivity contribution in [2.45, 2.75) is 6.54 Å². The lowest BCUT2D eigenvalue weighted by atomic mass is 10.2. The third-order valence-electron chi connectivity index (χ3n) is 2.71. The molecule has 2 aromatic rings. The smallest absolute Gasteiger partial charge is 0.329 e. The highest BCUT2D eigenvalue weighted by molar-refractivity contribution is 5.75. The molecule has 1 aromatic heterocycles. The van der Waals surface area contributed by atoms with E-state index in [1.54, 1.807) is 6.20 Å². The highest BCUT2D eigenvalue weighted by atomic mass is 16.5. The quantitative estimate of drug-likeness (QED) is 0.673. The zero-order valence-corrected chi connectivity index (χ0v) is 11.8. The van der Waals surface area contributed by atoms with Gasteiger partial charge >= 0.3 is 5.97 Å². The van der Waals surface area contributed by atoms with Gasteiger partial charge in [-0.15, -0.1) is 5.10 Å². The molecule has 1 aromatic carbocycles. The van der Waals surface area contributed by atoms with E-state index in [-0.39, 0.29) is 32.2 Å². The molecule has 0 bridgehead atoms. The van der Waals surface area contributed by atoms with E-state index < -0.39 is 5.97 Å². The second kappa shape index (κ2) is 7.89. The second-order valence-corrected chi connectivity index (χ2v) is 4.46. The van der Waals surface area contributed by atoms with Gasteiger partial charge in [0.15, 0.2) is 0 Å². The number of amides is 1. The number of aromatic nitrogens is 3. The van der Waals surface area contributed by atoms with Gasteiger partial charge in [-0.3, -0.25) is 4.79 Å². The molecule has 2 rings (SSSR count). The predicted octanol–water partition coefficient (Wildman–Crippen LogP) is 0.163. The van der Waals surface area contributed by atoms with Gasteiger partial charge < -0.3 is 15.2 Å². The van der Waals surface area contributed by atoms with Gasteiger partial charge in [-0.05, 0) is 0 Å². The summed E-state index contributed by atoms with van der Waals surface area (Å²) in [5, 5.41) is 18.9. The number of carbonyl (C=O) groups excluding carboxylic acids is 1. The Morgan fingerprint density at radius 3 is 2.77 bits per heavy atom. The molecule has 0 spiro atoms. The number of carboxylic acid groups (broad SMARTS) is 1. The van der Waals surface area contributed by atoms with Crippen molar-refractivity contribution in [1.82, 2.24) is 20.3 Å². The second-order valence-electron chi connectivity index (χ2n) is 4.46. The van der Waals surface area contributed by atoms with Crippen LogP contribution in [-0.2, 0) is 20.9 Å². The summed E-state index contributed by atoms with van der Waals surface area (Å²) in [6, 6.07) is 9.53. The summed E-state index contributed by atoms with van der Waals surface area (Å²) in [7, 11) is 0. The molecule has 0 unspecified atom stereocenters. The molecule has 0 aliphatic heterocycles. The van der Waals surface area contributed by atoms with E-state index in [0.29, 0.717) is 5.69 Å². The van der Waals surface area contributed by atoms with Gasteiger partial charge in [0.25, 0.3) is 0 Å². The number of benzene rings is 1. The molecule has 1 heterocycles. The molecule has 8 nitrogen and oxygen atoms in total. The van der Waals surface area contributed by atoms with E-state index in [9.17, 15) is 9.59 Å². The lowest BCUT2D eigenvalue weighted by Gasteiger charge is -2.04. The van der Waals surface area contributed by atoms with Crippen LogP contribution in [0.15, 0.2) is 36.5 Å². The fraction of sp³-hybridized carbons (Fsp3) is 0.286. The molecule has 0 atom stereocenters. The number of carboxylic acids is 1. The molecule has 22 heavy (non-hydrogen) atoms. The van der Waals surface area contributed by atoms with Crippen molar-refractivity contribution < 1.29 is 19.4 Å². The molecule has 116 valence electrons. The van der Waals surface area contributed by atoms with Crippen LogP contribution in [0.3, 0.4) is 0 Å². The van der Waals surface area contributed by atoms with Crippen LogP contribution < -0.4 is 5.32 Å². The van der Waals surface area contributed by atoms with Crippen molar-refractivity contribution in [2.24, 2.45) is 0 Å². The summed E-state index contributed by atoms with van der Waals surface area (Å²) >= 11 is 0. The molecule has 0 radical (unpaired) electrons. The maximum atomic E-state index is 11.7. The summed E-state index contributed by atoms with van der Waals surface area (Å²) in [5.41, 5.74) is 1.62. The minimum Gasteiger partial charge on any atom is -0.480 e. The van der Waals surface area contributed by atoms with Crippen LogP contribution in [0, 0.1) is 0 Å². The molecule has 0 saturated carbocycles. The Balaban J connectivity index is 1.76.